The number of benzene rings is 1. The van der Waals surface area contributed by atoms with Gasteiger partial charge in [0.05, 0.1) is 18.5 Å². The van der Waals surface area contributed by atoms with Gasteiger partial charge in [0.2, 0.25) is 11.9 Å². The number of nitrogens with one attached hydrogen (secondary N) is 2. The van der Waals surface area contributed by atoms with Crippen LogP contribution in [0.15, 0.2) is 32.6 Å². The largest absolute Gasteiger partial charge is 0.733 e. The smallest absolute Gasteiger partial charge is 0.280 e. The molecule has 0 aliphatic carbocycles. The Bertz CT molecular complexity index is 1260. The van der Waals surface area contributed by atoms with Crippen molar-refractivity contribution in [3.63, 3.8) is 0 Å². The fraction of sp³-hybridized carbons (Fsp3) is 0.294. The van der Waals surface area contributed by atoms with Gasteiger partial charge in [-0.2, -0.15) is 10.1 Å². The Morgan fingerprint density at radius 2 is 2.15 bits per heavy atom. The van der Waals surface area contributed by atoms with Crippen molar-refractivity contribution in [1.29, 1.82) is 0 Å². The number of aromatic amines is 1. The maximum Gasteiger partial charge on any atom is 0.280 e. The Morgan fingerprint density at radius 1 is 1.39 bits per heavy atom. The van der Waals surface area contributed by atoms with Crippen LogP contribution in [0, 0.1) is 5.21 Å². The van der Waals surface area contributed by atoms with Crippen LogP contribution < -0.4 is 21.9 Å². The molecule has 176 valence electrons. The van der Waals surface area contributed by atoms with E-state index in [4.69, 9.17) is 15.7 Å². The number of nitrogens with zero attached hydrogens (tertiary/aromatic N) is 5. The highest BCUT2D eigenvalue weighted by Gasteiger charge is 2.45. The summed E-state index contributed by atoms with van der Waals surface area (Å²) in [5.74, 6) is -0.311. The molecule has 0 unspecified atom stereocenters. The molecule has 1 aliphatic heterocycles. The average Bonchev–Trinajstić information content (AvgIpc) is 3.26. The van der Waals surface area contributed by atoms with Gasteiger partial charge in [0.15, 0.2) is 17.4 Å². The molecule has 4 atom stereocenters. The number of nitrogens with two attached hydrogens (primary N) is 1. The number of imidazole rings is 1. The molecule has 8 N–H and O–H groups in total. The predicted octanol–water partition coefficient (Wildman–Crippen LogP) is -0.785. The number of fused-ring (bicyclic) bond motifs is 1. The summed E-state index contributed by atoms with van der Waals surface area (Å²) in [4.78, 5) is 22.8. The zero-order valence-corrected chi connectivity index (χ0v) is 18.1. The SMILES string of the molecule is Nc1nc2c(nc(N/N=C\c3ccc(Br)c(N([O-])O)c3)n2[C@@H]2O[C@H](CO)[C@@H](O)[C@@H]2O)c(=O)[nH]1. The van der Waals surface area contributed by atoms with E-state index < -0.39 is 36.7 Å². The lowest BCUT2D eigenvalue weighted by molar-refractivity contribution is -0.0501. The van der Waals surface area contributed by atoms with Gasteiger partial charge >= 0.3 is 0 Å². The van der Waals surface area contributed by atoms with Crippen LogP contribution in [-0.4, -0.2) is 71.2 Å². The van der Waals surface area contributed by atoms with E-state index in [0.717, 1.165) is 0 Å². The van der Waals surface area contributed by atoms with Crippen LogP contribution >= 0.6 is 15.9 Å². The van der Waals surface area contributed by atoms with Gasteiger partial charge in [0.1, 0.15) is 18.3 Å². The Labute approximate surface area is 192 Å². The number of aliphatic hydroxyl groups excluding tert-OH is 3. The lowest BCUT2D eigenvalue weighted by Gasteiger charge is -2.23. The molecular weight excluding hydrogens is 508 g/mol. The number of nitrogen functional groups attached to an aromatic ring is 1. The van der Waals surface area contributed by atoms with Gasteiger partial charge in [-0.1, -0.05) is 6.07 Å². The molecule has 3 heterocycles. The van der Waals surface area contributed by atoms with Crippen LogP contribution in [0.1, 0.15) is 11.8 Å². The Kier molecular flexibility index (Phi) is 6.30. The number of hydrazone groups is 1. The van der Waals surface area contributed by atoms with Gasteiger partial charge < -0.3 is 36.2 Å². The first-order valence-corrected chi connectivity index (χ1v) is 10.2. The van der Waals surface area contributed by atoms with Crippen LogP contribution in [0.5, 0.6) is 0 Å². The van der Waals surface area contributed by atoms with Gasteiger partial charge in [-0.05, 0) is 33.6 Å². The van der Waals surface area contributed by atoms with E-state index in [2.05, 4.69) is 41.4 Å². The lowest BCUT2D eigenvalue weighted by atomic mass is 10.1. The molecule has 0 radical (unpaired) electrons. The van der Waals surface area contributed by atoms with Crippen LogP contribution in [0.25, 0.3) is 11.2 Å². The molecule has 0 bridgehead atoms. The van der Waals surface area contributed by atoms with E-state index >= 15 is 0 Å². The van der Waals surface area contributed by atoms with Gasteiger partial charge in [-0.3, -0.25) is 19.6 Å². The first kappa shape index (κ1) is 23.1. The third-order valence-corrected chi connectivity index (χ3v) is 5.57. The molecule has 33 heavy (non-hydrogen) atoms. The molecule has 15 nitrogen and oxygen atoms in total. The number of rotatable bonds is 6. The minimum atomic E-state index is -1.49. The Hall–Kier alpha value is -3.12. The third kappa shape index (κ3) is 4.27. The van der Waals surface area contributed by atoms with Gasteiger partial charge in [-0.15, -0.1) is 0 Å². The minimum Gasteiger partial charge on any atom is -0.733 e. The lowest BCUT2D eigenvalue weighted by Crippen LogP contribution is -2.33. The second-order valence-corrected chi connectivity index (χ2v) is 7.87. The number of aliphatic hydroxyl groups is 3. The fourth-order valence-electron chi connectivity index (χ4n) is 3.34. The maximum absolute atomic E-state index is 12.3. The number of anilines is 3. The average molecular weight is 526 g/mol. The first-order chi connectivity index (χ1) is 15.7. The molecule has 0 spiro atoms. The molecule has 1 aromatic carbocycles. The normalized spacial score (nSPS) is 23.0. The molecule has 0 saturated carbocycles. The minimum absolute atomic E-state index is 0.0519. The Balaban J connectivity index is 1.73. The molecule has 2 aromatic heterocycles. The van der Waals surface area contributed by atoms with Crippen molar-refractivity contribution in [2.45, 2.75) is 24.5 Å². The highest BCUT2D eigenvalue weighted by atomic mass is 79.9. The molecule has 1 fully saturated rings. The molecule has 1 aliphatic rings. The van der Waals surface area contributed by atoms with Crippen LogP contribution in [0.4, 0.5) is 17.6 Å². The third-order valence-electron chi connectivity index (χ3n) is 4.89. The van der Waals surface area contributed by atoms with Crippen LogP contribution in [0.3, 0.4) is 0 Å². The van der Waals surface area contributed by atoms with E-state index in [9.17, 15) is 25.3 Å². The number of H-pyrrole nitrogens is 1. The van der Waals surface area contributed by atoms with Gasteiger partial charge in [-0.25, -0.2) is 10.4 Å². The highest BCUT2D eigenvalue weighted by Crippen LogP contribution is 2.34. The second kappa shape index (κ2) is 9.02. The predicted molar refractivity (Wildman–Crippen MR) is 119 cm³/mol. The summed E-state index contributed by atoms with van der Waals surface area (Å²) < 4.78 is 7.09. The van der Waals surface area contributed by atoms with E-state index in [1.807, 2.05) is 0 Å². The van der Waals surface area contributed by atoms with Crippen molar-refractivity contribution in [3.8, 4) is 0 Å². The number of hydrogen-bond acceptors (Lipinski definition) is 13. The van der Waals surface area contributed by atoms with E-state index in [1.54, 1.807) is 6.07 Å². The summed E-state index contributed by atoms with van der Waals surface area (Å²) in [7, 11) is 0. The van der Waals surface area contributed by atoms with Crippen molar-refractivity contribution < 1.29 is 25.3 Å². The van der Waals surface area contributed by atoms with Crippen molar-refractivity contribution in [1.82, 2.24) is 19.5 Å². The van der Waals surface area contributed by atoms with Gasteiger partial charge in [0.25, 0.3) is 5.56 Å². The quantitative estimate of drug-likeness (QED) is 0.155. The standard InChI is InChI=1S/C17H18BrN8O7/c18-7-2-1-6(3-8(7)26(31)32)4-20-24-17-21-10-13(22-16(19)23-14(10)30)25(17)15-12(29)11(28)9(5-27)33-15/h1-4,9,11-12,15,27-29,31H,5H2,(H,21,24)(H3,19,22,23,30)/q-1/b20-4-/t9-,11-,12+,15-/m1/s1. The molecular formula is C17H18BrN8O7-. The molecule has 4 rings (SSSR count). The number of aromatic nitrogens is 4. The summed E-state index contributed by atoms with van der Waals surface area (Å²) in [6.45, 7) is -0.564. The zero-order valence-electron chi connectivity index (χ0n) is 16.5. The van der Waals surface area contributed by atoms with Crippen molar-refractivity contribution >= 4 is 50.9 Å². The summed E-state index contributed by atoms with van der Waals surface area (Å²) in [6.07, 6.45) is -3.98. The number of hydrogen-bond donors (Lipinski definition) is 7. The fourth-order valence-corrected chi connectivity index (χ4v) is 3.73. The van der Waals surface area contributed by atoms with E-state index in [1.165, 1.54) is 22.9 Å². The van der Waals surface area contributed by atoms with Crippen molar-refractivity contribution in [2.24, 2.45) is 5.10 Å². The second-order valence-electron chi connectivity index (χ2n) is 7.01. The highest BCUT2D eigenvalue weighted by molar-refractivity contribution is 9.10. The summed E-state index contributed by atoms with van der Waals surface area (Å²) in [5, 5.41) is 54.1. The number of halogens is 1. The Morgan fingerprint density at radius 3 is 2.82 bits per heavy atom. The maximum atomic E-state index is 12.3. The zero-order chi connectivity index (χ0) is 23.9. The summed E-state index contributed by atoms with van der Waals surface area (Å²) in [6, 6.07) is 4.48. The molecule has 0 amide bonds. The summed E-state index contributed by atoms with van der Waals surface area (Å²) in [5.41, 5.74) is 7.74. The van der Waals surface area contributed by atoms with Gasteiger partial charge in [0, 0.05) is 4.47 Å². The topological polar surface area (TPSA) is 230 Å². The van der Waals surface area contributed by atoms with Crippen LogP contribution in [-0.2, 0) is 4.74 Å². The molecule has 1 saturated heterocycles. The summed E-state index contributed by atoms with van der Waals surface area (Å²) >= 11 is 3.14. The van der Waals surface area contributed by atoms with Crippen LogP contribution in [0.2, 0.25) is 0 Å². The number of ether oxygens (including phenoxy) is 1. The van der Waals surface area contributed by atoms with E-state index in [0.29, 0.717) is 10.0 Å². The van der Waals surface area contributed by atoms with Crippen molar-refractivity contribution in [3.05, 3.63) is 43.8 Å². The molecule has 16 heteroatoms. The molecule has 3 aromatic rings. The first-order valence-electron chi connectivity index (χ1n) is 9.36. The van der Waals surface area contributed by atoms with E-state index in [-0.39, 0.29) is 34.0 Å². The monoisotopic (exact) mass is 525 g/mol. The van der Waals surface area contributed by atoms with Crippen molar-refractivity contribution in [2.75, 3.05) is 23.0 Å².